The first kappa shape index (κ1) is 17.6. The summed E-state index contributed by atoms with van der Waals surface area (Å²) in [7, 11) is 1.21. The molecule has 2 N–H and O–H groups in total. The Morgan fingerprint density at radius 3 is 2.21 bits per heavy atom. The summed E-state index contributed by atoms with van der Waals surface area (Å²) in [6.45, 7) is 2.96. The van der Waals surface area contributed by atoms with Crippen LogP contribution < -0.4 is 5.32 Å². The van der Waals surface area contributed by atoms with E-state index in [0.717, 1.165) is 12.1 Å². The number of amides is 1. The molecule has 1 aromatic heterocycles. The van der Waals surface area contributed by atoms with E-state index in [1.165, 1.54) is 33.2 Å². The number of ether oxygens (including phenoxy) is 1. The first-order chi connectivity index (χ1) is 11.1. The summed E-state index contributed by atoms with van der Waals surface area (Å²) in [6.07, 6.45) is -3.13. The SMILES string of the molecule is COC(=O)c1cc(C(=O)Nc2c(C)cc(C(F)(F)F)cc2C)c[nH]1. The third-order valence-corrected chi connectivity index (χ3v) is 3.45. The van der Waals surface area contributed by atoms with Gasteiger partial charge in [0.05, 0.1) is 18.2 Å². The maximum Gasteiger partial charge on any atom is 0.416 e. The van der Waals surface area contributed by atoms with Gasteiger partial charge in [-0.05, 0) is 43.2 Å². The van der Waals surface area contributed by atoms with Gasteiger partial charge in [0, 0.05) is 11.9 Å². The smallest absolute Gasteiger partial charge is 0.416 e. The summed E-state index contributed by atoms with van der Waals surface area (Å²) in [5.41, 5.74) is 0.371. The lowest BCUT2D eigenvalue weighted by Gasteiger charge is -2.15. The van der Waals surface area contributed by atoms with Crippen LogP contribution in [-0.4, -0.2) is 24.0 Å². The Bertz CT molecular complexity index is 771. The third kappa shape index (κ3) is 3.58. The minimum Gasteiger partial charge on any atom is -0.464 e. The van der Waals surface area contributed by atoms with Crippen molar-refractivity contribution in [1.82, 2.24) is 4.98 Å². The van der Waals surface area contributed by atoms with Crippen molar-refractivity contribution in [2.75, 3.05) is 12.4 Å². The highest BCUT2D eigenvalue weighted by Crippen LogP contribution is 2.33. The molecule has 2 rings (SSSR count). The van der Waals surface area contributed by atoms with E-state index in [-0.39, 0.29) is 11.3 Å². The van der Waals surface area contributed by atoms with Crippen LogP contribution in [0.15, 0.2) is 24.4 Å². The van der Waals surface area contributed by atoms with Crippen molar-refractivity contribution in [1.29, 1.82) is 0 Å². The summed E-state index contributed by atoms with van der Waals surface area (Å²) in [4.78, 5) is 26.2. The lowest BCUT2D eigenvalue weighted by atomic mass is 10.0. The molecule has 5 nitrogen and oxygen atoms in total. The molecule has 0 unspecified atom stereocenters. The number of carbonyl (C=O) groups is 2. The molecule has 0 saturated carbocycles. The molecule has 0 atom stereocenters. The Kier molecular flexibility index (Phi) is 4.68. The molecule has 128 valence electrons. The molecule has 0 fully saturated rings. The molecule has 0 radical (unpaired) electrons. The normalized spacial score (nSPS) is 11.2. The van der Waals surface area contributed by atoms with Crippen molar-refractivity contribution < 1.29 is 27.5 Å². The number of anilines is 1. The van der Waals surface area contributed by atoms with E-state index in [0.29, 0.717) is 16.8 Å². The molecule has 2 aromatic rings. The van der Waals surface area contributed by atoms with Gasteiger partial charge < -0.3 is 15.0 Å². The summed E-state index contributed by atoms with van der Waals surface area (Å²) in [5, 5.41) is 2.57. The first-order valence-electron chi connectivity index (χ1n) is 6.90. The average Bonchev–Trinajstić information content (AvgIpc) is 2.98. The number of halogens is 3. The largest absolute Gasteiger partial charge is 0.464 e. The van der Waals surface area contributed by atoms with Crippen LogP contribution in [0, 0.1) is 13.8 Å². The van der Waals surface area contributed by atoms with Crippen molar-refractivity contribution in [3.05, 3.63) is 52.3 Å². The number of hydrogen-bond donors (Lipinski definition) is 2. The number of carbonyl (C=O) groups excluding carboxylic acids is 2. The van der Waals surface area contributed by atoms with Crippen LogP contribution in [0.2, 0.25) is 0 Å². The monoisotopic (exact) mass is 340 g/mol. The standard InChI is InChI=1S/C16H15F3N2O3/c1-8-4-11(16(17,18)19)5-9(2)13(8)21-14(22)10-6-12(20-7-10)15(23)24-3/h4-7,20H,1-3H3,(H,21,22). The number of aryl methyl sites for hydroxylation is 2. The number of aromatic amines is 1. The molecule has 0 aliphatic heterocycles. The first-order valence-corrected chi connectivity index (χ1v) is 6.90. The minimum atomic E-state index is -4.45. The predicted octanol–water partition coefficient (Wildman–Crippen LogP) is 3.69. The third-order valence-electron chi connectivity index (χ3n) is 3.45. The van der Waals surface area contributed by atoms with Crippen molar-refractivity contribution in [2.24, 2.45) is 0 Å². The number of aromatic nitrogens is 1. The number of alkyl halides is 3. The number of nitrogens with one attached hydrogen (secondary N) is 2. The van der Waals surface area contributed by atoms with E-state index in [1.54, 1.807) is 0 Å². The molecule has 0 saturated heterocycles. The summed E-state index contributed by atoms with van der Waals surface area (Å²) in [5.74, 6) is -1.18. The number of benzene rings is 1. The van der Waals surface area contributed by atoms with Gasteiger partial charge in [0.15, 0.2) is 0 Å². The van der Waals surface area contributed by atoms with Gasteiger partial charge in [0.25, 0.3) is 5.91 Å². The van der Waals surface area contributed by atoms with Crippen LogP contribution in [-0.2, 0) is 10.9 Å². The number of methoxy groups -OCH3 is 1. The van der Waals surface area contributed by atoms with E-state index < -0.39 is 23.6 Å². The van der Waals surface area contributed by atoms with E-state index in [4.69, 9.17) is 0 Å². The highest BCUT2D eigenvalue weighted by atomic mass is 19.4. The fourth-order valence-electron chi connectivity index (χ4n) is 2.26. The Morgan fingerprint density at radius 1 is 1.12 bits per heavy atom. The molecular weight excluding hydrogens is 325 g/mol. The van der Waals surface area contributed by atoms with Gasteiger partial charge in [-0.25, -0.2) is 4.79 Å². The summed E-state index contributed by atoms with van der Waals surface area (Å²) >= 11 is 0. The molecule has 0 bridgehead atoms. The van der Waals surface area contributed by atoms with Gasteiger partial charge in [-0.3, -0.25) is 4.79 Å². The molecule has 0 spiro atoms. The molecule has 1 amide bonds. The number of H-pyrrole nitrogens is 1. The molecule has 1 aromatic carbocycles. The number of esters is 1. The van der Waals surface area contributed by atoms with Crippen molar-refractivity contribution in [3.8, 4) is 0 Å². The second kappa shape index (κ2) is 6.38. The number of hydrogen-bond acceptors (Lipinski definition) is 3. The van der Waals surface area contributed by atoms with Crippen molar-refractivity contribution in [2.45, 2.75) is 20.0 Å². The van der Waals surface area contributed by atoms with Crippen LogP contribution in [0.3, 0.4) is 0 Å². The molecule has 1 heterocycles. The fourth-order valence-corrected chi connectivity index (χ4v) is 2.26. The fraction of sp³-hybridized carbons (Fsp3) is 0.250. The van der Waals surface area contributed by atoms with Crippen LogP contribution in [0.1, 0.15) is 37.5 Å². The predicted molar refractivity (Wildman–Crippen MR) is 81.0 cm³/mol. The van der Waals surface area contributed by atoms with Crippen LogP contribution in [0.4, 0.5) is 18.9 Å². The average molecular weight is 340 g/mol. The second-order valence-corrected chi connectivity index (χ2v) is 5.23. The van der Waals surface area contributed by atoms with Gasteiger partial charge in [0.2, 0.25) is 0 Å². The highest BCUT2D eigenvalue weighted by Gasteiger charge is 2.31. The van der Waals surface area contributed by atoms with Crippen LogP contribution >= 0.6 is 0 Å². The maximum absolute atomic E-state index is 12.8. The Labute approximate surface area is 135 Å². The van der Waals surface area contributed by atoms with E-state index >= 15 is 0 Å². The summed E-state index contributed by atoms with van der Waals surface area (Å²) < 4.78 is 42.9. The lowest BCUT2D eigenvalue weighted by molar-refractivity contribution is -0.137. The maximum atomic E-state index is 12.8. The van der Waals surface area contributed by atoms with Crippen molar-refractivity contribution >= 4 is 17.6 Å². The van der Waals surface area contributed by atoms with E-state index in [2.05, 4.69) is 15.0 Å². The zero-order valence-corrected chi connectivity index (χ0v) is 13.2. The minimum absolute atomic E-state index is 0.100. The molecular formula is C16H15F3N2O3. The topological polar surface area (TPSA) is 71.2 Å². The van der Waals surface area contributed by atoms with E-state index in [9.17, 15) is 22.8 Å². The zero-order chi connectivity index (χ0) is 18.1. The second-order valence-electron chi connectivity index (χ2n) is 5.23. The molecule has 8 heteroatoms. The number of rotatable bonds is 3. The van der Waals surface area contributed by atoms with E-state index in [1.807, 2.05) is 0 Å². The van der Waals surface area contributed by atoms with Gasteiger partial charge in [0.1, 0.15) is 5.69 Å². The quantitative estimate of drug-likeness (QED) is 0.837. The van der Waals surface area contributed by atoms with Gasteiger partial charge in [-0.1, -0.05) is 0 Å². The van der Waals surface area contributed by atoms with Gasteiger partial charge in [-0.15, -0.1) is 0 Å². The Morgan fingerprint density at radius 2 is 1.71 bits per heavy atom. The Balaban J connectivity index is 2.26. The zero-order valence-electron chi connectivity index (χ0n) is 13.2. The van der Waals surface area contributed by atoms with Gasteiger partial charge in [-0.2, -0.15) is 13.2 Å². The Hall–Kier alpha value is -2.77. The van der Waals surface area contributed by atoms with Gasteiger partial charge >= 0.3 is 12.1 Å². The molecule has 0 aliphatic rings. The molecule has 0 aliphatic carbocycles. The van der Waals surface area contributed by atoms with Crippen LogP contribution in [0.25, 0.3) is 0 Å². The molecule has 24 heavy (non-hydrogen) atoms. The lowest BCUT2D eigenvalue weighted by Crippen LogP contribution is -2.14. The van der Waals surface area contributed by atoms with Crippen LogP contribution in [0.5, 0.6) is 0 Å². The summed E-state index contributed by atoms with van der Waals surface area (Å²) in [6, 6.07) is 3.25. The van der Waals surface area contributed by atoms with Crippen molar-refractivity contribution in [3.63, 3.8) is 0 Å². The highest BCUT2D eigenvalue weighted by molar-refractivity contribution is 6.06.